The molecule has 2 aromatic rings. The standard InChI is InChI=1S/C14H17N3O2S.C2HF3O2/c1-15-9-13(18)17-14-16-8-12(20-14)7-10-3-5-11(19-2)6-4-10;3-2(4,5)1(6)7/h3-6,8,15H,7,9H2,1-2H3,(H,16,17,18);(H,6,7). The van der Waals surface area contributed by atoms with Crippen LogP contribution >= 0.6 is 11.3 Å². The number of thiazole rings is 1. The minimum atomic E-state index is -5.08. The smallest absolute Gasteiger partial charge is 0.490 e. The van der Waals surface area contributed by atoms with E-state index in [1.54, 1.807) is 20.4 Å². The van der Waals surface area contributed by atoms with Crippen molar-refractivity contribution in [2.24, 2.45) is 0 Å². The Morgan fingerprint density at radius 1 is 1.26 bits per heavy atom. The summed E-state index contributed by atoms with van der Waals surface area (Å²) in [6, 6.07) is 7.92. The molecule has 0 bridgehead atoms. The van der Waals surface area contributed by atoms with Gasteiger partial charge in [0, 0.05) is 17.5 Å². The molecule has 148 valence electrons. The molecule has 0 fully saturated rings. The number of benzene rings is 1. The first-order chi connectivity index (χ1) is 12.7. The monoisotopic (exact) mass is 405 g/mol. The number of rotatable bonds is 6. The number of anilines is 1. The average Bonchev–Trinajstić information content (AvgIpc) is 3.02. The Kier molecular flexibility index (Phi) is 8.69. The van der Waals surface area contributed by atoms with Crippen LogP contribution in [0.1, 0.15) is 10.4 Å². The zero-order valence-corrected chi connectivity index (χ0v) is 15.3. The summed E-state index contributed by atoms with van der Waals surface area (Å²) in [5.74, 6) is -2.00. The molecule has 27 heavy (non-hydrogen) atoms. The highest BCUT2D eigenvalue weighted by molar-refractivity contribution is 7.15. The molecule has 1 amide bonds. The third-order valence-corrected chi connectivity index (χ3v) is 3.83. The molecule has 1 heterocycles. The molecular formula is C16H18F3N3O4S. The van der Waals surface area contributed by atoms with Crippen molar-refractivity contribution in [3.05, 3.63) is 40.9 Å². The van der Waals surface area contributed by atoms with Crippen LogP contribution in [0.3, 0.4) is 0 Å². The molecule has 0 aliphatic rings. The maximum Gasteiger partial charge on any atom is 0.490 e. The predicted octanol–water partition coefficient (Wildman–Crippen LogP) is 2.53. The van der Waals surface area contributed by atoms with E-state index in [4.69, 9.17) is 14.6 Å². The fourth-order valence-electron chi connectivity index (χ4n) is 1.72. The van der Waals surface area contributed by atoms with E-state index in [9.17, 15) is 18.0 Å². The van der Waals surface area contributed by atoms with E-state index in [1.165, 1.54) is 16.9 Å². The minimum absolute atomic E-state index is 0.0853. The number of carbonyl (C=O) groups is 2. The highest BCUT2D eigenvalue weighted by atomic mass is 32.1. The zero-order chi connectivity index (χ0) is 20.4. The van der Waals surface area contributed by atoms with Crippen molar-refractivity contribution in [3.8, 4) is 5.75 Å². The number of carboxylic acids is 1. The lowest BCUT2D eigenvalue weighted by atomic mass is 10.1. The van der Waals surface area contributed by atoms with E-state index in [0.717, 1.165) is 17.0 Å². The van der Waals surface area contributed by atoms with Gasteiger partial charge in [0.05, 0.1) is 13.7 Å². The largest absolute Gasteiger partial charge is 0.497 e. The average molecular weight is 405 g/mol. The number of amides is 1. The molecule has 0 aliphatic carbocycles. The summed E-state index contributed by atoms with van der Waals surface area (Å²) in [5.41, 5.74) is 1.18. The third-order valence-electron chi connectivity index (χ3n) is 2.92. The van der Waals surface area contributed by atoms with Gasteiger partial charge in [-0.25, -0.2) is 9.78 Å². The number of ether oxygens (including phenoxy) is 1. The van der Waals surface area contributed by atoms with Crippen molar-refractivity contribution in [2.75, 3.05) is 26.0 Å². The van der Waals surface area contributed by atoms with E-state index in [0.29, 0.717) is 5.13 Å². The summed E-state index contributed by atoms with van der Waals surface area (Å²) < 4.78 is 36.9. The molecule has 7 nitrogen and oxygen atoms in total. The Morgan fingerprint density at radius 2 is 1.85 bits per heavy atom. The Balaban J connectivity index is 0.000000445. The van der Waals surface area contributed by atoms with Crippen LogP contribution in [0.15, 0.2) is 30.5 Å². The normalized spacial score (nSPS) is 10.6. The fraction of sp³-hybridized carbons (Fsp3) is 0.312. The van der Waals surface area contributed by atoms with Crippen molar-refractivity contribution >= 4 is 28.3 Å². The maximum atomic E-state index is 11.4. The number of aromatic nitrogens is 1. The van der Waals surface area contributed by atoms with E-state index < -0.39 is 12.1 Å². The second-order valence-corrected chi connectivity index (χ2v) is 6.15. The molecule has 0 radical (unpaired) electrons. The van der Waals surface area contributed by atoms with Crippen LogP contribution in [0.4, 0.5) is 18.3 Å². The van der Waals surface area contributed by atoms with E-state index in [-0.39, 0.29) is 12.5 Å². The van der Waals surface area contributed by atoms with Gasteiger partial charge in [-0.3, -0.25) is 4.79 Å². The van der Waals surface area contributed by atoms with Crippen molar-refractivity contribution in [3.63, 3.8) is 0 Å². The number of likely N-dealkylation sites (N-methyl/N-ethyl adjacent to an activating group) is 1. The number of hydrogen-bond donors (Lipinski definition) is 3. The number of aliphatic carboxylic acids is 1. The summed E-state index contributed by atoms with van der Waals surface area (Å²) in [4.78, 5) is 25.6. The van der Waals surface area contributed by atoms with Gasteiger partial charge in [-0.1, -0.05) is 12.1 Å². The SMILES string of the molecule is CNCC(=O)Nc1ncc(Cc2ccc(OC)cc2)s1.O=C(O)C(F)(F)F. The van der Waals surface area contributed by atoms with Crippen LogP contribution < -0.4 is 15.4 Å². The first kappa shape index (κ1) is 22.4. The van der Waals surface area contributed by atoms with Gasteiger partial charge in [0.15, 0.2) is 5.13 Å². The first-order valence-corrected chi connectivity index (χ1v) is 8.29. The van der Waals surface area contributed by atoms with Gasteiger partial charge in [0.2, 0.25) is 5.91 Å². The van der Waals surface area contributed by atoms with E-state index in [2.05, 4.69) is 15.6 Å². The lowest BCUT2D eigenvalue weighted by Crippen LogP contribution is -2.24. The first-order valence-electron chi connectivity index (χ1n) is 7.48. The lowest BCUT2D eigenvalue weighted by Gasteiger charge is -2.01. The number of halogens is 3. The molecule has 2 rings (SSSR count). The molecule has 1 aromatic carbocycles. The van der Waals surface area contributed by atoms with Crippen LogP contribution in [0.2, 0.25) is 0 Å². The summed E-state index contributed by atoms with van der Waals surface area (Å²) in [7, 11) is 3.38. The highest BCUT2D eigenvalue weighted by Crippen LogP contribution is 2.22. The van der Waals surface area contributed by atoms with Crippen LogP contribution in [0.5, 0.6) is 5.75 Å². The highest BCUT2D eigenvalue weighted by Gasteiger charge is 2.38. The number of carbonyl (C=O) groups excluding carboxylic acids is 1. The molecule has 1 aromatic heterocycles. The van der Waals surface area contributed by atoms with Gasteiger partial charge in [-0.2, -0.15) is 13.2 Å². The topological polar surface area (TPSA) is 101 Å². The van der Waals surface area contributed by atoms with Crippen molar-refractivity contribution < 1.29 is 32.6 Å². The van der Waals surface area contributed by atoms with Crippen LogP contribution in [-0.4, -0.2) is 48.8 Å². The molecule has 0 saturated carbocycles. The van der Waals surface area contributed by atoms with Gasteiger partial charge in [-0.15, -0.1) is 11.3 Å². The van der Waals surface area contributed by atoms with E-state index >= 15 is 0 Å². The van der Waals surface area contributed by atoms with Gasteiger partial charge in [0.25, 0.3) is 0 Å². The van der Waals surface area contributed by atoms with Gasteiger partial charge in [0.1, 0.15) is 5.75 Å². The zero-order valence-electron chi connectivity index (χ0n) is 14.5. The summed E-state index contributed by atoms with van der Waals surface area (Å²) in [6.07, 6.45) is -2.49. The Labute approximate surface area is 157 Å². The molecular weight excluding hydrogens is 387 g/mol. The molecule has 0 unspecified atom stereocenters. The summed E-state index contributed by atoms with van der Waals surface area (Å²) >= 11 is 1.49. The summed E-state index contributed by atoms with van der Waals surface area (Å²) in [6.45, 7) is 0.285. The number of nitrogens with zero attached hydrogens (tertiary/aromatic N) is 1. The van der Waals surface area contributed by atoms with Gasteiger partial charge >= 0.3 is 12.1 Å². The molecule has 0 spiro atoms. The molecule has 0 aliphatic heterocycles. The van der Waals surface area contributed by atoms with Gasteiger partial charge < -0.3 is 20.5 Å². The Morgan fingerprint density at radius 3 is 2.33 bits per heavy atom. The number of methoxy groups -OCH3 is 1. The number of carboxylic acid groups (broad SMARTS) is 1. The second-order valence-electron chi connectivity index (χ2n) is 5.04. The fourth-order valence-corrected chi connectivity index (χ4v) is 2.58. The van der Waals surface area contributed by atoms with E-state index in [1.807, 2.05) is 24.3 Å². The quantitative estimate of drug-likeness (QED) is 0.683. The maximum absolute atomic E-state index is 11.4. The number of nitrogens with one attached hydrogen (secondary N) is 2. The lowest BCUT2D eigenvalue weighted by molar-refractivity contribution is -0.192. The van der Waals surface area contributed by atoms with Crippen molar-refractivity contribution in [2.45, 2.75) is 12.6 Å². The van der Waals surface area contributed by atoms with Crippen LogP contribution in [-0.2, 0) is 16.0 Å². The van der Waals surface area contributed by atoms with Crippen LogP contribution in [0, 0.1) is 0 Å². The molecule has 0 saturated heterocycles. The molecule has 11 heteroatoms. The van der Waals surface area contributed by atoms with Crippen molar-refractivity contribution in [1.29, 1.82) is 0 Å². The Bertz CT molecular complexity index is 748. The number of hydrogen-bond acceptors (Lipinski definition) is 6. The summed E-state index contributed by atoms with van der Waals surface area (Å²) in [5, 5.41) is 13.3. The van der Waals surface area contributed by atoms with Crippen molar-refractivity contribution in [1.82, 2.24) is 10.3 Å². The third kappa shape index (κ3) is 8.51. The predicted molar refractivity (Wildman–Crippen MR) is 94.2 cm³/mol. The number of alkyl halides is 3. The molecule has 0 atom stereocenters. The minimum Gasteiger partial charge on any atom is -0.497 e. The second kappa shape index (κ2) is 10.5. The molecule has 3 N–H and O–H groups in total. The Hall–Kier alpha value is -2.66. The van der Waals surface area contributed by atoms with Gasteiger partial charge in [-0.05, 0) is 24.7 Å². The van der Waals surface area contributed by atoms with Crippen LogP contribution in [0.25, 0.3) is 0 Å².